The second-order valence-electron chi connectivity index (χ2n) is 5.64. The lowest BCUT2D eigenvalue weighted by atomic mass is 10.1. The molecule has 1 aromatic heterocycles. The third-order valence-electron chi connectivity index (χ3n) is 3.87. The van der Waals surface area contributed by atoms with Crippen molar-refractivity contribution in [1.29, 1.82) is 0 Å². The minimum absolute atomic E-state index is 0.154. The summed E-state index contributed by atoms with van der Waals surface area (Å²) in [6.45, 7) is 6.03. The van der Waals surface area contributed by atoms with Crippen molar-refractivity contribution in [2.45, 2.75) is 39.5 Å². The largest absolute Gasteiger partial charge is 0.339 e. The van der Waals surface area contributed by atoms with E-state index >= 15 is 0 Å². The van der Waals surface area contributed by atoms with E-state index in [0.717, 1.165) is 50.0 Å². The Balaban J connectivity index is 2.08. The SMILES string of the molecule is CCCCN(CCCC)C(=O)c1ccc(-n2cccc2)cc1. The van der Waals surface area contributed by atoms with Gasteiger partial charge in [-0.15, -0.1) is 0 Å². The average molecular weight is 298 g/mol. The van der Waals surface area contributed by atoms with E-state index in [9.17, 15) is 4.79 Å². The van der Waals surface area contributed by atoms with Crippen LogP contribution in [0, 0.1) is 0 Å². The first-order valence-corrected chi connectivity index (χ1v) is 8.29. The molecule has 0 N–H and O–H groups in total. The van der Waals surface area contributed by atoms with Crippen LogP contribution in [0.4, 0.5) is 0 Å². The number of hydrogen-bond acceptors (Lipinski definition) is 1. The van der Waals surface area contributed by atoms with Crippen molar-refractivity contribution in [3.63, 3.8) is 0 Å². The molecule has 2 aromatic rings. The topological polar surface area (TPSA) is 25.2 Å². The molecule has 0 unspecified atom stereocenters. The van der Waals surface area contributed by atoms with Crippen molar-refractivity contribution in [3.8, 4) is 5.69 Å². The van der Waals surface area contributed by atoms with Crippen LogP contribution in [0.3, 0.4) is 0 Å². The van der Waals surface area contributed by atoms with Gasteiger partial charge in [0.1, 0.15) is 0 Å². The van der Waals surface area contributed by atoms with E-state index in [-0.39, 0.29) is 5.91 Å². The van der Waals surface area contributed by atoms with Crippen molar-refractivity contribution in [2.75, 3.05) is 13.1 Å². The van der Waals surface area contributed by atoms with Gasteiger partial charge >= 0.3 is 0 Å². The van der Waals surface area contributed by atoms with E-state index in [2.05, 4.69) is 13.8 Å². The number of benzene rings is 1. The van der Waals surface area contributed by atoms with Gasteiger partial charge in [0.2, 0.25) is 0 Å². The Bertz CT molecular complexity index is 550. The van der Waals surface area contributed by atoms with E-state index in [1.807, 2.05) is 58.3 Å². The zero-order valence-electron chi connectivity index (χ0n) is 13.7. The Morgan fingerprint density at radius 2 is 1.50 bits per heavy atom. The molecule has 1 heterocycles. The van der Waals surface area contributed by atoms with Crippen molar-refractivity contribution >= 4 is 5.91 Å². The van der Waals surface area contributed by atoms with Gasteiger partial charge in [0, 0.05) is 36.7 Å². The molecule has 0 fully saturated rings. The van der Waals surface area contributed by atoms with E-state index in [4.69, 9.17) is 0 Å². The number of amides is 1. The van der Waals surface area contributed by atoms with Crippen LogP contribution < -0.4 is 0 Å². The number of carbonyl (C=O) groups is 1. The molecule has 0 spiro atoms. The average Bonchev–Trinajstić information content (AvgIpc) is 3.09. The lowest BCUT2D eigenvalue weighted by molar-refractivity contribution is 0.0751. The van der Waals surface area contributed by atoms with Gasteiger partial charge in [-0.2, -0.15) is 0 Å². The summed E-state index contributed by atoms with van der Waals surface area (Å²) in [5.41, 5.74) is 1.86. The van der Waals surface area contributed by atoms with Crippen LogP contribution in [0.2, 0.25) is 0 Å². The monoisotopic (exact) mass is 298 g/mol. The first-order valence-electron chi connectivity index (χ1n) is 8.29. The quantitative estimate of drug-likeness (QED) is 0.703. The van der Waals surface area contributed by atoms with Crippen LogP contribution in [0.15, 0.2) is 48.8 Å². The minimum atomic E-state index is 0.154. The van der Waals surface area contributed by atoms with Gasteiger partial charge in [0.25, 0.3) is 5.91 Å². The Kier molecular flexibility index (Phi) is 6.26. The second kappa shape index (κ2) is 8.42. The second-order valence-corrected chi connectivity index (χ2v) is 5.64. The van der Waals surface area contributed by atoms with Crippen LogP contribution in [-0.4, -0.2) is 28.5 Å². The molecule has 0 radical (unpaired) electrons. The summed E-state index contributed by atoms with van der Waals surface area (Å²) in [4.78, 5) is 14.7. The number of rotatable bonds is 8. The predicted molar refractivity (Wildman–Crippen MR) is 91.5 cm³/mol. The summed E-state index contributed by atoms with van der Waals surface area (Å²) in [7, 11) is 0. The number of carbonyl (C=O) groups excluding carboxylic acids is 1. The Labute approximate surface area is 133 Å². The van der Waals surface area contributed by atoms with Crippen molar-refractivity contribution in [3.05, 3.63) is 54.4 Å². The third-order valence-corrected chi connectivity index (χ3v) is 3.87. The molecule has 0 aliphatic heterocycles. The van der Waals surface area contributed by atoms with E-state index < -0.39 is 0 Å². The fourth-order valence-corrected chi connectivity index (χ4v) is 2.48. The highest BCUT2D eigenvalue weighted by atomic mass is 16.2. The number of unbranched alkanes of at least 4 members (excludes halogenated alkanes) is 2. The highest BCUT2D eigenvalue weighted by molar-refractivity contribution is 5.94. The number of nitrogens with zero attached hydrogens (tertiary/aromatic N) is 2. The fraction of sp³-hybridized carbons (Fsp3) is 0.421. The highest BCUT2D eigenvalue weighted by Gasteiger charge is 2.14. The number of aromatic nitrogens is 1. The summed E-state index contributed by atoms with van der Waals surface area (Å²) < 4.78 is 2.04. The molecule has 0 bridgehead atoms. The molecule has 0 aliphatic rings. The molecule has 1 amide bonds. The van der Waals surface area contributed by atoms with E-state index in [0.29, 0.717) is 0 Å². The number of hydrogen-bond donors (Lipinski definition) is 0. The molecule has 0 atom stereocenters. The maximum atomic E-state index is 12.7. The maximum Gasteiger partial charge on any atom is 0.253 e. The molecular formula is C19H26N2O. The van der Waals surface area contributed by atoms with Gasteiger partial charge in [-0.1, -0.05) is 26.7 Å². The zero-order valence-corrected chi connectivity index (χ0v) is 13.7. The summed E-state index contributed by atoms with van der Waals surface area (Å²) in [5, 5.41) is 0. The maximum absolute atomic E-state index is 12.7. The molecule has 0 saturated carbocycles. The van der Waals surface area contributed by atoms with Crippen LogP contribution in [0.5, 0.6) is 0 Å². The molecule has 3 nitrogen and oxygen atoms in total. The van der Waals surface area contributed by atoms with Crippen molar-refractivity contribution < 1.29 is 4.79 Å². The molecule has 3 heteroatoms. The third kappa shape index (κ3) is 4.23. The van der Waals surface area contributed by atoms with Gasteiger partial charge in [0.15, 0.2) is 0 Å². The molecule has 1 aromatic carbocycles. The molecule has 22 heavy (non-hydrogen) atoms. The van der Waals surface area contributed by atoms with Gasteiger partial charge < -0.3 is 9.47 Å². The summed E-state index contributed by atoms with van der Waals surface area (Å²) >= 11 is 0. The Morgan fingerprint density at radius 1 is 0.955 bits per heavy atom. The first kappa shape index (κ1) is 16.3. The lowest BCUT2D eigenvalue weighted by Crippen LogP contribution is -2.32. The van der Waals surface area contributed by atoms with Gasteiger partial charge in [0.05, 0.1) is 0 Å². The smallest absolute Gasteiger partial charge is 0.253 e. The van der Waals surface area contributed by atoms with Gasteiger partial charge in [-0.05, 0) is 49.2 Å². The summed E-state index contributed by atoms with van der Waals surface area (Å²) in [5.74, 6) is 0.154. The Hall–Kier alpha value is -2.03. The van der Waals surface area contributed by atoms with Crippen LogP contribution >= 0.6 is 0 Å². The Morgan fingerprint density at radius 3 is 2.00 bits per heavy atom. The van der Waals surface area contributed by atoms with Gasteiger partial charge in [-0.3, -0.25) is 4.79 Å². The van der Waals surface area contributed by atoms with E-state index in [1.165, 1.54) is 0 Å². The van der Waals surface area contributed by atoms with Crippen molar-refractivity contribution in [1.82, 2.24) is 9.47 Å². The van der Waals surface area contributed by atoms with Crippen LogP contribution in [0.1, 0.15) is 49.9 Å². The van der Waals surface area contributed by atoms with Crippen LogP contribution in [-0.2, 0) is 0 Å². The standard InChI is InChI=1S/C19H26N2O/c1-3-5-13-21(14-6-4-2)19(22)17-9-11-18(12-10-17)20-15-7-8-16-20/h7-12,15-16H,3-6,13-14H2,1-2H3. The van der Waals surface area contributed by atoms with E-state index in [1.54, 1.807) is 0 Å². The zero-order chi connectivity index (χ0) is 15.8. The normalized spacial score (nSPS) is 10.6. The van der Waals surface area contributed by atoms with Crippen molar-refractivity contribution in [2.24, 2.45) is 0 Å². The summed E-state index contributed by atoms with van der Waals surface area (Å²) in [6.07, 6.45) is 8.37. The molecular weight excluding hydrogens is 272 g/mol. The molecule has 118 valence electrons. The summed E-state index contributed by atoms with van der Waals surface area (Å²) in [6, 6.07) is 11.9. The predicted octanol–water partition coefficient (Wildman–Crippen LogP) is 4.52. The van der Waals surface area contributed by atoms with Crippen LogP contribution in [0.25, 0.3) is 5.69 Å². The molecule has 0 aliphatic carbocycles. The minimum Gasteiger partial charge on any atom is -0.339 e. The highest BCUT2D eigenvalue weighted by Crippen LogP contribution is 2.13. The fourth-order valence-electron chi connectivity index (χ4n) is 2.48. The molecule has 0 saturated heterocycles. The first-order chi connectivity index (χ1) is 10.8. The molecule has 2 rings (SSSR count). The lowest BCUT2D eigenvalue weighted by Gasteiger charge is -2.22. The van der Waals surface area contributed by atoms with Gasteiger partial charge in [-0.25, -0.2) is 0 Å².